The molecule has 8 heteroatoms. The predicted octanol–water partition coefficient (Wildman–Crippen LogP) is 2.32. The van der Waals surface area contributed by atoms with Crippen molar-refractivity contribution in [3.63, 3.8) is 0 Å². The van der Waals surface area contributed by atoms with Crippen molar-refractivity contribution in [1.29, 1.82) is 0 Å². The van der Waals surface area contributed by atoms with E-state index in [1.165, 1.54) is 12.1 Å². The zero-order valence-corrected chi connectivity index (χ0v) is 11.5. The second kappa shape index (κ2) is 6.27. The van der Waals surface area contributed by atoms with Crippen LogP contribution in [0.5, 0.6) is 0 Å². The van der Waals surface area contributed by atoms with Crippen molar-refractivity contribution in [2.45, 2.75) is 6.10 Å². The molecule has 1 N–H and O–H groups in total. The van der Waals surface area contributed by atoms with Gasteiger partial charge in [0.15, 0.2) is 5.82 Å². The Hall–Kier alpha value is -1.25. The first kappa shape index (κ1) is 14.2. The minimum absolute atomic E-state index is 0.137. The Morgan fingerprint density at radius 2 is 2.32 bits per heavy atom. The van der Waals surface area contributed by atoms with E-state index in [1.807, 2.05) is 0 Å². The first-order chi connectivity index (χ1) is 9.08. The second-order valence-corrected chi connectivity index (χ2v) is 4.90. The summed E-state index contributed by atoms with van der Waals surface area (Å²) in [6.45, 7) is 1.64. The molecule has 1 aliphatic rings. The Morgan fingerprint density at radius 1 is 1.53 bits per heavy atom. The molecule has 0 amide bonds. The molecule has 1 aliphatic heterocycles. The van der Waals surface area contributed by atoms with E-state index in [4.69, 9.17) is 9.47 Å². The summed E-state index contributed by atoms with van der Waals surface area (Å²) in [7, 11) is 0. The molecule has 0 radical (unpaired) electrons. The molecular weight excluding hydrogens is 323 g/mol. The lowest BCUT2D eigenvalue weighted by Crippen LogP contribution is -2.34. The van der Waals surface area contributed by atoms with Crippen molar-refractivity contribution in [1.82, 2.24) is 0 Å². The third kappa shape index (κ3) is 3.62. The quantitative estimate of drug-likeness (QED) is 0.675. The molecule has 0 saturated carbocycles. The van der Waals surface area contributed by atoms with Gasteiger partial charge in [0.2, 0.25) is 0 Å². The minimum Gasteiger partial charge on any atom is -0.376 e. The molecule has 0 bridgehead atoms. The van der Waals surface area contributed by atoms with Crippen LogP contribution in [-0.2, 0) is 9.47 Å². The summed E-state index contributed by atoms with van der Waals surface area (Å²) in [5.41, 5.74) is -0.453. The zero-order valence-electron chi connectivity index (χ0n) is 9.90. The number of nitro groups is 1. The van der Waals surface area contributed by atoms with Gasteiger partial charge in [0.05, 0.1) is 30.8 Å². The molecule has 2 rings (SSSR count). The van der Waals surface area contributed by atoms with E-state index in [2.05, 4.69) is 21.2 Å². The van der Waals surface area contributed by atoms with Crippen LogP contribution in [0.15, 0.2) is 16.6 Å². The van der Waals surface area contributed by atoms with Gasteiger partial charge in [-0.15, -0.1) is 0 Å². The van der Waals surface area contributed by atoms with Gasteiger partial charge in [0, 0.05) is 17.1 Å². The average molecular weight is 335 g/mol. The molecule has 1 saturated heterocycles. The minimum atomic E-state index is -0.683. The van der Waals surface area contributed by atoms with Crippen molar-refractivity contribution in [2.24, 2.45) is 0 Å². The fourth-order valence-corrected chi connectivity index (χ4v) is 2.17. The number of halogens is 2. The van der Waals surface area contributed by atoms with Gasteiger partial charge in [-0.1, -0.05) is 15.9 Å². The van der Waals surface area contributed by atoms with Crippen molar-refractivity contribution >= 4 is 27.3 Å². The molecule has 1 aromatic carbocycles. The Balaban J connectivity index is 2.12. The molecule has 1 heterocycles. The highest BCUT2D eigenvalue weighted by Gasteiger charge is 2.21. The van der Waals surface area contributed by atoms with E-state index in [1.54, 1.807) is 0 Å². The lowest BCUT2D eigenvalue weighted by molar-refractivity contribution is -0.384. The van der Waals surface area contributed by atoms with Gasteiger partial charge in [-0.25, -0.2) is 4.39 Å². The summed E-state index contributed by atoms with van der Waals surface area (Å²) in [5, 5.41) is 13.6. The number of anilines is 1. The third-order valence-electron chi connectivity index (χ3n) is 2.62. The van der Waals surface area contributed by atoms with Gasteiger partial charge in [0.1, 0.15) is 5.69 Å². The summed E-state index contributed by atoms with van der Waals surface area (Å²) in [4.78, 5) is 10.3. The first-order valence-corrected chi connectivity index (χ1v) is 6.44. The van der Waals surface area contributed by atoms with Gasteiger partial charge in [-0.05, 0) is 6.07 Å². The van der Waals surface area contributed by atoms with E-state index in [0.717, 1.165) is 0 Å². The van der Waals surface area contributed by atoms with Crippen LogP contribution in [0.3, 0.4) is 0 Å². The maximum absolute atomic E-state index is 13.8. The van der Waals surface area contributed by atoms with E-state index in [0.29, 0.717) is 24.3 Å². The van der Waals surface area contributed by atoms with Gasteiger partial charge < -0.3 is 14.8 Å². The number of benzene rings is 1. The molecule has 0 spiro atoms. The van der Waals surface area contributed by atoms with Crippen LogP contribution in [0.2, 0.25) is 0 Å². The fraction of sp³-hybridized carbons (Fsp3) is 0.455. The largest absolute Gasteiger partial charge is 0.376 e. The maximum Gasteiger partial charge on any atom is 0.296 e. The molecule has 1 aromatic rings. The highest BCUT2D eigenvalue weighted by molar-refractivity contribution is 9.10. The second-order valence-electron chi connectivity index (χ2n) is 3.99. The molecule has 0 aromatic heterocycles. The van der Waals surface area contributed by atoms with E-state index < -0.39 is 10.7 Å². The molecular formula is C11H12BrFN2O4. The number of ether oxygens (including phenoxy) is 2. The first-order valence-electron chi connectivity index (χ1n) is 5.64. The normalized spacial score (nSPS) is 19.2. The summed E-state index contributed by atoms with van der Waals surface area (Å²) >= 11 is 3.03. The summed E-state index contributed by atoms with van der Waals surface area (Å²) < 4.78 is 24.6. The van der Waals surface area contributed by atoms with Crippen molar-refractivity contribution in [3.8, 4) is 0 Å². The lowest BCUT2D eigenvalue weighted by Gasteiger charge is -2.23. The molecule has 0 aliphatic carbocycles. The number of nitro benzene ring substituents is 1. The molecule has 1 atom stereocenters. The van der Waals surface area contributed by atoms with Crippen LogP contribution in [0, 0.1) is 15.9 Å². The van der Waals surface area contributed by atoms with E-state index >= 15 is 0 Å². The molecule has 104 valence electrons. The number of rotatable bonds is 4. The Bertz CT molecular complexity index is 480. The lowest BCUT2D eigenvalue weighted by atomic mass is 10.2. The standard InChI is InChI=1S/C11H12BrFN2O4/c12-7-3-9(13)11(10(4-7)15(16)17)14-5-8-6-18-1-2-19-8/h3-4,8,14H,1-2,5-6H2/t8-/m0/s1. The molecule has 6 nitrogen and oxygen atoms in total. The summed E-state index contributed by atoms with van der Waals surface area (Å²) in [6.07, 6.45) is -0.239. The topological polar surface area (TPSA) is 73.6 Å². The SMILES string of the molecule is O=[N+]([O-])c1cc(Br)cc(F)c1NC[C@H]1COCCO1. The number of nitrogens with zero attached hydrogens (tertiary/aromatic N) is 1. The number of hydrogen-bond acceptors (Lipinski definition) is 5. The van der Waals surface area contributed by atoms with Gasteiger partial charge >= 0.3 is 0 Å². The van der Waals surface area contributed by atoms with Crippen LogP contribution in [0.4, 0.5) is 15.8 Å². The van der Waals surface area contributed by atoms with Gasteiger partial charge in [0.25, 0.3) is 5.69 Å². The zero-order chi connectivity index (χ0) is 13.8. The fourth-order valence-electron chi connectivity index (χ4n) is 1.75. The summed E-state index contributed by atoms with van der Waals surface area (Å²) in [6, 6.07) is 2.43. The van der Waals surface area contributed by atoms with Crippen LogP contribution in [-0.4, -0.2) is 37.4 Å². The third-order valence-corrected chi connectivity index (χ3v) is 3.08. The van der Waals surface area contributed by atoms with Crippen molar-refractivity contribution in [2.75, 3.05) is 31.7 Å². The highest BCUT2D eigenvalue weighted by Crippen LogP contribution is 2.31. The van der Waals surface area contributed by atoms with Crippen molar-refractivity contribution < 1.29 is 18.8 Å². The molecule has 1 fully saturated rings. The molecule has 19 heavy (non-hydrogen) atoms. The number of nitrogens with one attached hydrogen (secondary N) is 1. The Morgan fingerprint density at radius 3 is 2.95 bits per heavy atom. The van der Waals surface area contributed by atoms with Crippen LogP contribution in [0.1, 0.15) is 0 Å². The van der Waals surface area contributed by atoms with Crippen LogP contribution >= 0.6 is 15.9 Å². The van der Waals surface area contributed by atoms with Gasteiger partial charge in [-0.2, -0.15) is 0 Å². The van der Waals surface area contributed by atoms with Crippen LogP contribution in [0.25, 0.3) is 0 Å². The monoisotopic (exact) mass is 334 g/mol. The average Bonchev–Trinajstić information content (AvgIpc) is 2.38. The highest BCUT2D eigenvalue weighted by atomic mass is 79.9. The molecule has 0 unspecified atom stereocenters. The van der Waals surface area contributed by atoms with E-state index in [9.17, 15) is 14.5 Å². The number of hydrogen-bond donors (Lipinski definition) is 1. The Kier molecular flexibility index (Phi) is 4.67. The van der Waals surface area contributed by atoms with Gasteiger partial charge in [-0.3, -0.25) is 10.1 Å². The van der Waals surface area contributed by atoms with E-state index in [-0.39, 0.29) is 24.0 Å². The smallest absolute Gasteiger partial charge is 0.296 e. The maximum atomic E-state index is 13.8. The summed E-state index contributed by atoms with van der Waals surface area (Å²) in [5.74, 6) is -0.683. The van der Waals surface area contributed by atoms with Crippen molar-refractivity contribution in [3.05, 3.63) is 32.5 Å². The Labute approximate surface area is 117 Å². The van der Waals surface area contributed by atoms with Crippen LogP contribution < -0.4 is 5.32 Å². The predicted molar refractivity (Wildman–Crippen MR) is 69.8 cm³/mol.